The highest BCUT2D eigenvalue weighted by molar-refractivity contribution is 6.33. The van der Waals surface area contributed by atoms with Gasteiger partial charge < -0.3 is 14.7 Å². The van der Waals surface area contributed by atoms with Gasteiger partial charge in [0.2, 0.25) is 5.91 Å². The van der Waals surface area contributed by atoms with Gasteiger partial charge in [0.15, 0.2) is 5.82 Å². The van der Waals surface area contributed by atoms with E-state index in [-0.39, 0.29) is 24.4 Å². The van der Waals surface area contributed by atoms with Crippen LogP contribution >= 0.6 is 11.6 Å². The number of hydrogen-bond acceptors (Lipinski definition) is 5. The van der Waals surface area contributed by atoms with Gasteiger partial charge in [0, 0.05) is 43.3 Å². The van der Waals surface area contributed by atoms with E-state index in [1.54, 1.807) is 9.80 Å². The summed E-state index contributed by atoms with van der Waals surface area (Å²) in [5.41, 5.74) is 1.91. The third-order valence-corrected chi connectivity index (χ3v) is 7.08. The molecule has 4 rings (SSSR count). The minimum atomic E-state index is -0.403. The van der Waals surface area contributed by atoms with Crippen molar-refractivity contribution in [2.24, 2.45) is 0 Å². The molecule has 1 aromatic heterocycles. The average molecular weight is 524 g/mol. The van der Waals surface area contributed by atoms with Gasteiger partial charge in [-0.25, -0.2) is 4.39 Å². The number of anilines is 1. The summed E-state index contributed by atoms with van der Waals surface area (Å²) in [6.07, 6.45) is 1.48. The first-order chi connectivity index (χ1) is 17.9. The number of nitrogens with zero attached hydrogens (tertiary/aromatic N) is 5. The highest BCUT2D eigenvalue weighted by Gasteiger charge is 2.27. The van der Waals surface area contributed by atoms with Gasteiger partial charge in [-0.1, -0.05) is 36.7 Å². The number of carbonyl (C=O) groups is 2. The van der Waals surface area contributed by atoms with Crippen LogP contribution in [0.25, 0.3) is 11.3 Å². The number of amides is 2. The summed E-state index contributed by atoms with van der Waals surface area (Å²) in [5.74, 6) is -0.0244. The zero-order chi connectivity index (χ0) is 26.4. The highest BCUT2D eigenvalue weighted by atomic mass is 35.5. The standard InChI is InChI=1S/C28H31ClFN5O2/c1-3-20(2)35(28(37)21-9-11-22(30)12-10-21)19-27(36)34-16-6-15-33(17-18-34)26-14-13-25(31-32-26)23-7-4-5-8-24(23)29/h4-5,7-14,20H,3,6,15-19H2,1-2H3. The van der Waals surface area contributed by atoms with Gasteiger partial charge in [0.1, 0.15) is 12.4 Å². The molecule has 0 bridgehead atoms. The Labute approximate surface area is 221 Å². The average Bonchev–Trinajstić information content (AvgIpc) is 3.18. The summed E-state index contributed by atoms with van der Waals surface area (Å²) in [7, 11) is 0. The Morgan fingerprint density at radius 3 is 2.43 bits per heavy atom. The van der Waals surface area contributed by atoms with Crippen LogP contribution in [0.1, 0.15) is 37.0 Å². The van der Waals surface area contributed by atoms with E-state index in [1.807, 2.05) is 50.2 Å². The van der Waals surface area contributed by atoms with Gasteiger partial charge in [-0.2, -0.15) is 0 Å². The van der Waals surface area contributed by atoms with Gasteiger partial charge in [0.05, 0.1) is 10.7 Å². The molecule has 0 radical (unpaired) electrons. The smallest absolute Gasteiger partial charge is 0.254 e. The lowest BCUT2D eigenvalue weighted by molar-refractivity contribution is -0.132. The normalized spacial score (nSPS) is 14.7. The fourth-order valence-corrected chi connectivity index (χ4v) is 4.59. The van der Waals surface area contributed by atoms with Crippen molar-refractivity contribution in [2.45, 2.75) is 32.7 Å². The zero-order valence-electron chi connectivity index (χ0n) is 21.1. The van der Waals surface area contributed by atoms with Crippen LogP contribution in [0.15, 0.2) is 60.7 Å². The molecule has 0 N–H and O–H groups in total. The second kappa shape index (κ2) is 12.1. The molecule has 2 heterocycles. The maximum absolute atomic E-state index is 13.3. The van der Waals surface area contributed by atoms with E-state index in [9.17, 15) is 14.0 Å². The van der Waals surface area contributed by atoms with Crippen molar-refractivity contribution in [3.05, 3.63) is 77.1 Å². The summed E-state index contributed by atoms with van der Waals surface area (Å²) >= 11 is 6.28. The molecule has 7 nitrogen and oxygen atoms in total. The van der Waals surface area contributed by atoms with Crippen LogP contribution in [0.2, 0.25) is 5.02 Å². The molecule has 2 amide bonds. The van der Waals surface area contributed by atoms with Gasteiger partial charge in [-0.15, -0.1) is 10.2 Å². The van der Waals surface area contributed by atoms with Crippen molar-refractivity contribution >= 4 is 29.2 Å². The van der Waals surface area contributed by atoms with Crippen LogP contribution in [0.3, 0.4) is 0 Å². The summed E-state index contributed by atoms with van der Waals surface area (Å²) in [4.78, 5) is 31.9. The van der Waals surface area contributed by atoms with Crippen molar-refractivity contribution in [1.82, 2.24) is 20.0 Å². The molecule has 1 aliphatic heterocycles. The van der Waals surface area contributed by atoms with Gasteiger partial charge in [0.25, 0.3) is 5.91 Å². The second-order valence-corrected chi connectivity index (χ2v) is 9.58. The lowest BCUT2D eigenvalue weighted by Gasteiger charge is -2.31. The Bertz CT molecular complexity index is 1220. The van der Waals surface area contributed by atoms with E-state index < -0.39 is 5.82 Å². The molecule has 1 saturated heterocycles. The van der Waals surface area contributed by atoms with Crippen molar-refractivity contribution in [1.29, 1.82) is 0 Å². The SMILES string of the molecule is CCC(C)N(CC(=O)N1CCCN(c2ccc(-c3ccccc3Cl)nn2)CC1)C(=O)c1ccc(F)cc1. The molecule has 0 spiro atoms. The van der Waals surface area contributed by atoms with Crippen LogP contribution in [-0.4, -0.2) is 70.6 Å². The molecular formula is C28H31ClFN5O2. The van der Waals surface area contributed by atoms with Crippen molar-refractivity contribution < 1.29 is 14.0 Å². The Kier molecular flexibility index (Phi) is 8.71. The third-order valence-electron chi connectivity index (χ3n) is 6.75. The van der Waals surface area contributed by atoms with E-state index in [2.05, 4.69) is 15.1 Å². The molecule has 9 heteroatoms. The van der Waals surface area contributed by atoms with Crippen molar-refractivity contribution in [3.8, 4) is 11.3 Å². The molecule has 3 aromatic rings. The minimum Gasteiger partial charge on any atom is -0.353 e. The third kappa shape index (κ3) is 6.43. The lowest BCUT2D eigenvalue weighted by Crippen LogP contribution is -2.47. The Morgan fingerprint density at radius 2 is 1.76 bits per heavy atom. The molecule has 0 saturated carbocycles. The quantitative estimate of drug-likeness (QED) is 0.440. The Hall–Kier alpha value is -3.52. The van der Waals surface area contributed by atoms with Crippen molar-refractivity contribution in [2.75, 3.05) is 37.6 Å². The van der Waals surface area contributed by atoms with E-state index >= 15 is 0 Å². The Morgan fingerprint density at radius 1 is 1.00 bits per heavy atom. The van der Waals surface area contributed by atoms with E-state index in [4.69, 9.17) is 11.6 Å². The number of benzene rings is 2. The van der Waals surface area contributed by atoms with E-state index in [1.165, 1.54) is 24.3 Å². The molecule has 1 fully saturated rings. The van der Waals surface area contributed by atoms with E-state index in [0.717, 1.165) is 24.3 Å². The number of carbonyl (C=O) groups excluding carboxylic acids is 2. The molecule has 194 valence electrons. The predicted molar refractivity (Wildman–Crippen MR) is 143 cm³/mol. The Balaban J connectivity index is 1.40. The van der Waals surface area contributed by atoms with Crippen molar-refractivity contribution in [3.63, 3.8) is 0 Å². The summed E-state index contributed by atoms with van der Waals surface area (Å²) in [5, 5.41) is 9.40. The molecule has 0 aliphatic carbocycles. The topological polar surface area (TPSA) is 69.6 Å². The summed E-state index contributed by atoms with van der Waals surface area (Å²) in [6, 6.07) is 16.7. The summed E-state index contributed by atoms with van der Waals surface area (Å²) in [6.45, 7) is 6.35. The molecule has 1 unspecified atom stereocenters. The zero-order valence-corrected chi connectivity index (χ0v) is 21.9. The van der Waals surface area contributed by atoms with Gasteiger partial charge >= 0.3 is 0 Å². The summed E-state index contributed by atoms with van der Waals surface area (Å²) < 4.78 is 13.3. The van der Waals surface area contributed by atoms with E-state index in [0.29, 0.717) is 42.3 Å². The molecular weight excluding hydrogens is 493 g/mol. The first kappa shape index (κ1) is 26.5. The number of halogens is 2. The number of rotatable bonds is 7. The highest BCUT2D eigenvalue weighted by Crippen LogP contribution is 2.26. The van der Waals surface area contributed by atoms with Crippen LogP contribution in [0.5, 0.6) is 0 Å². The van der Waals surface area contributed by atoms with Crippen LogP contribution < -0.4 is 4.90 Å². The second-order valence-electron chi connectivity index (χ2n) is 9.18. The minimum absolute atomic E-state index is 0.0163. The number of aromatic nitrogens is 2. The predicted octanol–water partition coefficient (Wildman–Crippen LogP) is 4.92. The monoisotopic (exact) mass is 523 g/mol. The fourth-order valence-electron chi connectivity index (χ4n) is 4.35. The molecule has 37 heavy (non-hydrogen) atoms. The first-order valence-electron chi connectivity index (χ1n) is 12.5. The first-order valence-corrected chi connectivity index (χ1v) is 12.9. The number of hydrogen-bond donors (Lipinski definition) is 0. The maximum Gasteiger partial charge on any atom is 0.254 e. The molecule has 2 aromatic carbocycles. The maximum atomic E-state index is 13.3. The van der Waals surface area contributed by atoms with Crippen LogP contribution in [-0.2, 0) is 4.79 Å². The van der Waals surface area contributed by atoms with Crippen LogP contribution in [0.4, 0.5) is 10.2 Å². The molecule has 1 aliphatic rings. The molecule has 1 atom stereocenters. The fraction of sp³-hybridized carbons (Fsp3) is 0.357. The largest absolute Gasteiger partial charge is 0.353 e. The lowest BCUT2D eigenvalue weighted by atomic mass is 10.1. The van der Waals surface area contributed by atoms with Gasteiger partial charge in [-0.05, 0) is 62.2 Å². The van der Waals surface area contributed by atoms with Crippen LogP contribution in [0, 0.1) is 5.82 Å². The van der Waals surface area contributed by atoms with Gasteiger partial charge in [-0.3, -0.25) is 9.59 Å².